The summed E-state index contributed by atoms with van der Waals surface area (Å²) in [5, 5.41) is 3.66. The summed E-state index contributed by atoms with van der Waals surface area (Å²) >= 11 is 0. The number of fused-ring (bicyclic) bond motifs is 1. The fraction of sp³-hybridized carbons (Fsp3) is 0.385. The van der Waals surface area contributed by atoms with Gasteiger partial charge in [0.15, 0.2) is 0 Å². The van der Waals surface area contributed by atoms with Crippen molar-refractivity contribution in [2.24, 2.45) is 0 Å². The van der Waals surface area contributed by atoms with Crippen molar-refractivity contribution >= 4 is 10.9 Å². The Balaban J connectivity index is 2.39. The Morgan fingerprint density at radius 2 is 2.28 bits per heavy atom. The van der Waals surface area contributed by atoms with Gasteiger partial charge in [-0.1, -0.05) is 0 Å². The van der Waals surface area contributed by atoms with Crippen molar-refractivity contribution in [3.63, 3.8) is 0 Å². The first-order valence-electron chi connectivity index (χ1n) is 5.94. The van der Waals surface area contributed by atoms with Crippen LogP contribution in [0.1, 0.15) is 6.42 Å². The minimum Gasteiger partial charge on any atom is -0.497 e. The number of aryl methyl sites for hydroxylation is 1. The van der Waals surface area contributed by atoms with Crippen molar-refractivity contribution in [1.82, 2.24) is 14.9 Å². The van der Waals surface area contributed by atoms with E-state index in [4.69, 9.17) is 4.74 Å². The highest BCUT2D eigenvalue weighted by Crippen LogP contribution is 2.15. The van der Waals surface area contributed by atoms with E-state index in [1.165, 1.54) is 0 Å². The summed E-state index contributed by atoms with van der Waals surface area (Å²) in [6.45, 7) is 1.54. The van der Waals surface area contributed by atoms with Crippen LogP contribution in [0, 0.1) is 0 Å². The Labute approximate surface area is 105 Å². The molecule has 0 spiro atoms. The molecule has 0 fully saturated rings. The topological polar surface area (TPSA) is 56.1 Å². The number of ether oxygens (including phenoxy) is 1. The van der Waals surface area contributed by atoms with Gasteiger partial charge in [0.05, 0.1) is 24.3 Å². The number of hydrogen-bond donors (Lipinski definition) is 1. The fourth-order valence-electron chi connectivity index (χ4n) is 1.85. The zero-order chi connectivity index (χ0) is 13.0. The maximum absolute atomic E-state index is 12.2. The highest BCUT2D eigenvalue weighted by atomic mass is 16.5. The lowest BCUT2D eigenvalue weighted by Gasteiger charge is -2.07. The predicted molar refractivity (Wildman–Crippen MR) is 71.1 cm³/mol. The summed E-state index contributed by atoms with van der Waals surface area (Å²) in [6.07, 6.45) is 2.50. The van der Waals surface area contributed by atoms with E-state index in [-0.39, 0.29) is 5.56 Å². The van der Waals surface area contributed by atoms with Gasteiger partial charge in [0.25, 0.3) is 5.56 Å². The first-order chi connectivity index (χ1) is 8.76. The molecule has 96 valence electrons. The van der Waals surface area contributed by atoms with Crippen molar-refractivity contribution in [2.75, 3.05) is 20.7 Å². The van der Waals surface area contributed by atoms with E-state index in [0.29, 0.717) is 23.2 Å². The quantitative estimate of drug-likeness (QED) is 0.801. The summed E-state index contributed by atoms with van der Waals surface area (Å²) < 4.78 is 6.77. The van der Waals surface area contributed by atoms with Crippen LogP contribution in [0.4, 0.5) is 0 Å². The second-order valence-corrected chi connectivity index (χ2v) is 4.08. The molecule has 5 nitrogen and oxygen atoms in total. The van der Waals surface area contributed by atoms with Gasteiger partial charge in [-0.15, -0.1) is 0 Å². The summed E-state index contributed by atoms with van der Waals surface area (Å²) in [5.74, 6) is 0.675. The van der Waals surface area contributed by atoms with E-state index in [9.17, 15) is 4.79 Å². The Hall–Kier alpha value is -1.88. The van der Waals surface area contributed by atoms with Crippen LogP contribution >= 0.6 is 0 Å². The van der Waals surface area contributed by atoms with Gasteiger partial charge in [0.1, 0.15) is 5.75 Å². The Morgan fingerprint density at radius 1 is 1.44 bits per heavy atom. The zero-order valence-corrected chi connectivity index (χ0v) is 10.6. The van der Waals surface area contributed by atoms with Crippen molar-refractivity contribution in [1.29, 1.82) is 0 Å². The van der Waals surface area contributed by atoms with Crippen LogP contribution in [0.5, 0.6) is 5.75 Å². The van der Waals surface area contributed by atoms with Crippen molar-refractivity contribution in [3.05, 3.63) is 34.9 Å². The fourth-order valence-corrected chi connectivity index (χ4v) is 1.85. The molecule has 2 aromatic rings. The van der Waals surface area contributed by atoms with Gasteiger partial charge in [-0.05, 0) is 38.2 Å². The minimum absolute atomic E-state index is 0.0185. The largest absolute Gasteiger partial charge is 0.497 e. The molecule has 0 amide bonds. The molecule has 0 aliphatic rings. The molecule has 1 aromatic heterocycles. The number of methoxy groups -OCH3 is 1. The van der Waals surface area contributed by atoms with Crippen LogP contribution < -0.4 is 15.6 Å². The number of hydrogen-bond acceptors (Lipinski definition) is 4. The van der Waals surface area contributed by atoms with Gasteiger partial charge in [0.2, 0.25) is 0 Å². The summed E-state index contributed by atoms with van der Waals surface area (Å²) in [5.41, 5.74) is 0.681. The SMILES string of the molecule is CNCCCn1cnc2ccc(OC)cc2c1=O. The number of nitrogens with zero attached hydrogens (tertiary/aromatic N) is 2. The molecule has 0 saturated heterocycles. The molecule has 18 heavy (non-hydrogen) atoms. The van der Waals surface area contributed by atoms with E-state index in [0.717, 1.165) is 13.0 Å². The van der Waals surface area contributed by atoms with E-state index in [1.54, 1.807) is 36.2 Å². The van der Waals surface area contributed by atoms with Gasteiger partial charge in [-0.2, -0.15) is 0 Å². The van der Waals surface area contributed by atoms with Crippen LogP contribution in [0.25, 0.3) is 10.9 Å². The molecule has 1 aromatic carbocycles. The first kappa shape index (κ1) is 12.6. The number of rotatable bonds is 5. The van der Waals surface area contributed by atoms with Crippen molar-refractivity contribution in [3.8, 4) is 5.75 Å². The molecule has 0 bridgehead atoms. The molecule has 0 aliphatic heterocycles. The average molecular weight is 247 g/mol. The number of aromatic nitrogens is 2. The molecule has 1 heterocycles. The second-order valence-electron chi connectivity index (χ2n) is 4.08. The molecule has 0 radical (unpaired) electrons. The van der Waals surface area contributed by atoms with Crippen LogP contribution in [-0.4, -0.2) is 30.3 Å². The smallest absolute Gasteiger partial charge is 0.261 e. The minimum atomic E-state index is -0.0185. The van der Waals surface area contributed by atoms with Gasteiger partial charge in [-0.25, -0.2) is 4.98 Å². The Morgan fingerprint density at radius 3 is 3.00 bits per heavy atom. The lowest BCUT2D eigenvalue weighted by atomic mass is 10.2. The predicted octanol–water partition coefficient (Wildman–Crippen LogP) is 1.01. The Kier molecular flexibility index (Phi) is 3.94. The normalized spacial score (nSPS) is 10.8. The first-order valence-corrected chi connectivity index (χ1v) is 5.94. The molecule has 0 aliphatic carbocycles. The lowest BCUT2D eigenvalue weighted by molar-refractivity contribution is 0.415. The van der Waals surface area contributed by atoms with E-state index >= 15 is 0 Å². The van der Waals surface area contributed by atoms with Gasteiger partial charge >= 0.3 is 0 Å². The molecule has 0 unspecified atom stereocenters. The third kappa shape index (κ3) is 2.51. The molecule has 0 saturated carbocycles. The lowest BCUT2D eigenvalue weighted by Crippen LogP contribution is -2.22. The standard InChI is InChI=1S/C13H17N3O2/c1-14-6-3-7-16-9-15-12-5-4-10(18-2)8-11(12)13(16)17/h4-5,8-9,14H,3,6-7H2,1-2H3. The van der Waals surface area contributed by atoms with Crippen molar-refractivity contribution < 1.29 is 4.74 Å². The van der Waals surface area contributed by atoms with Gasteiger partial charge < -0.3 is 10.1 Å². The summed E-state index contributed by atoms with van der Waals surface area (Å²) in [4.78, 5) is 16.5. The summed E-state index contributed by atoms with van der Waals surface area (Å²) in [7, 11) is 3.48. The molecular formula is C13H17N3O2. The van der Waals surface area contributed by atoms with Gasteiger partial charge in [-0.3, -0.25) is 9.36 Å². The van der Waals surface area contributed by atoms with Crippen LogP contribution in [0.3, 0.4) is 0 Å². The molecule has 5 heteroatoms. The third-order valence-electron chi connectivity index (χ3n) is 2.86. The maximum atomic E-state index is 12.2. The van der Waals surface area contributed by atoms with Crippen LogP contribution in [0.2, 0.25) is 0 Å². The van der Waals surface area contributed by atoms with Crippen molar-refractivity contribution in [2.45, 2.75) is 13.0 Å². The molecular weight excluding hydrogens is 230 g/mol. The monoisotopic (exact) mass is 247 g/mol. The molecule has 2 rings (SSSR count). The Bertz CT molecular complexity index is 592. The molecule has 0 atom stereocenters. The average Bonchev–Trinajstić information content (AvgIpc) is 2.41. The molecule has 1 N–H and O–H groups in total. The second kappa shape index (κ2) is 5.64. The highest BCUT2D eigenvalue weighted by molar-refractivity contribution is 5.78. The van der Waals surface area contributed by atoms with Gasteiger partial charge in [0, 0.05) is 6.54 Å². The number of nitrogens with one attached hydrogen (secondary N) is 1. The zero-order valence-electron chi connectivity index (χ0n) is 10.6. The highest BCUT2D eigenvalue weighted by Gasteiger charge is 2.05. The number of benzene rings is 1. The van der Waals surface area contributed by atoms with Crippen LogP contribution in [-0.2, 0) is 6.54 Å². The maximum Gasteiger partial charge on any atom is 0.261 e. The summed E-state index contributed by atoms with van der Waals surface area (Å²) in [6, 6.07) is 5.34. The van der Waals surface area contributed by atoms with E-state index < -0.39 is 0 Å². The van der Waals surface area contributed by atoms with Crippen LogP contribution in [0.15, 0.2) is 29.3 Å². The van der Waals surface area contributed by atoms with E-state index in [2.05, 4.69) is 10.3 Å². The van der Waals surface area contributed by atoms with E-state index in [1.807, 2.05) is 7.05 Å². The third-order valence-corrected chi connectivity index (χ3v) is 2.86.